The van der Waals surface area contributed by atoms with E-state index in [-0.39, 0.29) is 10.7 Å². The number of carbonyl (C=O) groups excluding carboxylic acids is 1. The van der Waals surface area contributed by atoms with Crippen LogP contribution < -0.4 is 0 Å². The van der Waals surface area contributed by atoms with Crippen molar-refractivity contribution in [3.8, 4) is 0 Å². The Morgan fingerprint density at radius 3 is 2.26 bits per heavy atom. The van der Waals surface area contributed by atoms with Gasteiger partial charge < -0.3 is 5.11 Å². The zero-order valence-electron chi connectivity index (χ0n) is 9.67. The summed E-state index contributed by atoms with van der Waals surface area (Å²) in [5, 5.41) is 9.37. The molecule has 0 spiro atoms. The van der Waals surface area contributed by atoms with Gasteiger partial charge >= 0.3 is 5.97 Å². The van der Waals surface area contributed by atoms with Gasteiger partial charge in [0.05, 0.1) is 5.56 Å². The molecule has 2 aromatic rings. The second kappa shape index (κ2) is 5.91. The van der Waals surface area contributed by atoms with E-state index in [4.69, 9.17) is 16.7 Å². The molecule has 5 heteroatoms. The third-order valence-electron chi connectivity index (χ3n) is 2.40. The molecule has 0 aliphatic rings. The zero-order valence-corrected chi connectivity index (χ0v) is 11.2. The van der Waals surface area contributed by atoms with E-state index in [1.165, 1.54) is 6.07 Å². The van der Waals surface area contributed by atoms with Gasteiger partial charge in [-0.3, -0.25) is 4.79 Å². The number of carboxylic acid groups (broad SMARTS) is 1. The molecule has 0 radical (unpaired) electrons. The lowest BCUT2D eigenvalue weighted by atomic mass is 10.2. The first-order valence-corrected chi connectivity index (χ1v) is 6.57. The largest absolute Gasteiger partial charge is 0.478 e. The van der Waals surface area contributed by atoms with Crippen molar-refractivity contribution in [1.29, 1.82) is 0 Å². The quantitative estimate of drug-likeness (QED) is 0.870. The van der Waals surface area contributed by atoms with E-state index in [2.05, 4.69) is 0 Å². The summed E-state index contributed by atoms with van der Waals surface area (Å²) in [5.41, 5.74) is 0.601. The third-order valence-corrected chi connectivity index (χ3v) is 3.65. The average Bonchev–Trinajstić information content (AvgIpc) is 2.39. The van der Waals surface area contributed by atoms with Crippen molar-refractivity contribution >= 4 is 34.4 Å². The van der Waals surface area contributed by atoms with Gasteiger partial charge in [0.15, 0.2) is 0 Å². The van der Waals surface area contributed by atoms with E-state index in [1.807, 2.05) is 0 Å². The topological polar surface area (TPSA) is 54.4 Å². The number of benzene rings is 2. The molecule has 0 saturated heterocycles. The standard InChI is InChI=1S/C14H9ClO3S/c15-10-7-5-9(6-8-10)14(18)19-12-4-2-1-3-11(12)13(16)17/h1-8H,(H,16,17). The second-order valence-corrected chi connectivity index (χ2v) is 5.15. The molecule has 0 aliphatic carbocycles. The van der Waals surface area contributed by atoms with Crippen LogP contribution in [0.4, 0.5) is 0 Å². The van der Waals surface area contributed by atoms with Gasteiger partial charge in [-0.25, -0.2) is 4.79 Å². The van der Waals surface area contributed by atoms with E-state index < -0.39 is 5.97 Å². The summed E-state index contributed by atoms with van der Waals surface area (Å²) in [4.78, 5) is 23.5. The Balaban J connectivity index is 2.24. The number of thioether (sulfide) groups is 1. The van der Waals surface area contributed by atoms with Crippen molar-refractivity contribution in [3.05, 3.63) is 64.7 Å². The fourth-order valence-electron chi connectivity index (χ4n) is 1.48. The van der Waals surface area contributed by atoms with Crippen molar-refractivity contribution in [2.24, 2.45) is 0 Å². The lowest BCUT2D eigenvalue weighted by molar-refractivity contribution is 0.0693. The summed E-state index contributed by atoms with van der Waals surface area (Å²) < 4.78 is 0. The highest BCUT2D eigenvalue weighted by atomic mass is 35.5. The first-order chi connectivity index (χ1) is 9.08. The predicted octanol–water partition coefficient (Wildman–Crippen LogP) is 3.97. The summed E-state index contributed by atoms with van der Waals surface area (Å²) in [6.07, 6.45) is 0. The van der Waals surface area contributed by atoms with E-state index in [1.54, 1.807) is 42.5 Å². The van der Waals surface area contributed by atoms with Gasteiger partial charge in [-0.15, -0.1) is 0 Å². The van der Waals surface area contributed by atoms with Crippen molar-refractivity contribution < 1.29 is 14.7 Å². The molecule has 96 valence electrons. The molecule has 3 nitrogen and oxygen atoms in total. The van der Waals surface area contributed by atoms with Gasteiger partial charge in [-0.2, -0.15) is 0 Å². The minimum absolute atomic E-state index is 0.120. The molecular weight excluding hydrogens is 284 g/mol. The maximum atomic E-state index is 12.0. The van der Waals surface area contributed by atoms with Gasteiger partial charge in [-0.05, 0) is 48.2 Å². The van der Waals surface area contributed by atoms with Crippen LogP contribution in [0.2, 0.25) is 5.02 Å². The molecule has 0 unspecified atom stereocenters. The highest BCUT2D eigenvalue weighted by Crippen LogP contribution is 2.26. The minimum atomic E-state index is -1.05. The number of hydrogen-bond acceptors (Lipinski definition) is 3. The van der Waals surface area contributed by atoms with Gasteiger partial charge in [0.25, 0.3) is 0 Å². The van der Waals surface area contributed by atoms with Crippen molar-refractivity contribution in [1.82, 2.24) is 0 Å². The number of halogens is 1. The van der Waals surface area contributed by atoms with Crippen LogP contribution >= 0.6 is 23.4 Å². The molecule has 2 aromatic carbocycles. The van der Waals surface area contributed by atoms with Crippen LogP contribution in [0.1, 0.15) is 20.7 Å². The molecule has 0 aliphatic heterocycles. The van der Waals surface area contributed by atoms with Crippen LogP contribution in [-0.2, 0) is 0 Å². The Bertz CT molecular complexity index is 623. The summed E-state index contributed by atoms with van der Waals surface area (Å²) in [6, 6.07) is 12.9. The third kappa shape index (κ3) is 3.36. The molecule has 2 rings (SSSR count). The molecule has 0 fully saturated rings. The lowest BCUT2D eigenvalue weighted by Crippen LogP contribution is -2.00. The second-order valence-electron chi connectivity index (χ2n) is 3.70. The molecule has 1 N–H and O–H groups in total. The fraction of sp³-hybridized carbons (Fsp3) is 0. The maximum Gasteiger partial charge on any atom is 0.336 e. The Labute approximate surface area is 119 Å². The number of carboxylic acids is 1. The highest BCUT2D eigenvalue weighted by molar-refractivity contribution is 8.14. The average molecular weight is 293 g/mol. The first-order valence-electron chi connectivity index (χ1n) is 5.38. The van der Waals surface area contributed by atoms with Gasteiger partial charge in [0, 0.05) is 15.5 Å². The number of carbonyl (C=O) groups is 2. The van der Waals surface area contributed by atoms with Crippen molar-refractivity contribution in [2.75, 3.05) is 0 Å². The van der Waals surface area contributed by atoms with Crippen molar-refractivity contribution in [3.63, 3.8) is 0 Å². The molecule has 0 aromatic heterocycles. The molecule has 19 heavy (non-hydrogen) atoms. The smallest absolute Gasteiger partial charge is 0.336 e. The van der Waals surface area contributed by atoms with E-state index in [0.717, 1.165) is 11.8 Å². The van der Waals surface area contributed by atoms with Crippen LogP contribution in [0.3, 0.4) is 0 Å². The summed E-state index contributed by atoms with van der Waals surface area (Å²) in [7, 11) is 0. The summed E-state index contributed by atoms with van der Waals surface area (Å²) >= 11 is 6.64. The Morgan fingerprint density at radius 1 is 1.00 bits per heavy atom. The molecule has 0 saturated carbocycles. The van der Waals surface area contributed by atoms with E-state index in [0.29, 0.717) is 15.5 Å². The number of rotatable bonds is 3. The Hall–Kier alpha value is -1.78. The predicted molar refractivity (Wildman–Crippen MR) is 75.0 cm³/mol. The van der Waals surface area contributed by atoms with Gasteiger partial charge in [0.2, 0.25) is 5.12 Å². The maximum absolute atomic E-state index is 12.0. The normalized spacial score (nSPS) is 10.2. The summed E-state index contributed by atoms with van der Waals surface area (Å²) in [6.45, 7) is 0. The zero-order chi connectivity index (χ0) is 13.8. The highest BCUT2D eigenvalue weighted by Gasteiger charge is 2.14. The van der Waals surface area contributed by atoms with Crippen LogP contribution in [0.5, 0.6) is 0 Å². The Morgan fingerprint density at radius 2 is 1.63 bits per heavy atom. The van der Waals surface area contributed by atoms with Crippen LogP contribution in [0.15, 0.2) is 53.4 Å². The molecule has 0 atom stereocenters. The van der Waals surface area contributed by atoms with Crippen molar-refractivity contribution in [2.45, 2.75) is 4.90 Å². The molecule has 0 bridgehead atoms. The molecule has 0 heterocycles. The minimum Gasteiger partial charge on any atom is -0.478 e. The molecular formula is C14H9ClO3S. The lowest BCUT2D eigenvalue weighted by Gasteiger charge is -2.04. The van der Waals surface area contributed by atoms with Gasteiger partial charge in [-0.1, -0.05) is 23.7 Å². The van der Waals surface area contributed by atoms with Crippen LogP contribution in [0, 0.1) is 0 Å². The number of hydrogen-bond donors (Lipinski definition) is 1. The first kappa shape index (κ1) is 13.6. The van der Waals surface area contributed by atoms with Gasteiger partial charge in [0.1, 0.15) is 0 Å². The van der Waals surface area contributed by atoms with E-state index >= 15 is 0 Å². The SMILES string of the molecule is O=C(Sc1ccccc1C(=O)O)c1ccc(Cl)cc1. The number of aromatic carboxylic acids is 1. The summed E-state index contributed by atoms with van der Waals surface area (Å²) in [5.74, 6) is -1.05. The fourth-order valence-corrected chi connectivity index (χ4v) is 2.47. The van der Waals surface area contributed by atoms with Crippen LogP contribution in [-0.4, -0.2) is 16.2 Å². The monoisotopic (exact) mass is 292 g/mol. The molecule has 0 amide bonds. The Kier molecular flexibility index (Phi) is 4.24. The van der Waals surface area contributed by atoms with Crippen LogP contribution in [0.25, 0.3) is 0 Å². The van der Waals surface area contributed by atoms with E-state index in [9.17, 15) is 9.59 Å².